The minimum absolute atomic E-state index is 0.0649. The lowest BCUT2D eigenvalue weighted by Crippen LogP contribution is -2.13. The predicted molar refractivity (Wildman–Crippen MR) is 46.1 cm³/mol. The number of anilines is 1. The molecule has 3 N–H and O–H groups in total. The third kappa shape index (κ3) is 1.62. The number of carbonyl (C=O) groups is 1. The molecule has 0 fully saturated rings. The highest BCUT2D eigenvalue weighted by Gasteiger charge is 2.25. The van der Waals surface area contributed by atoms with E-state index >= 15 is 0 Å². The van der Waals surface area contributed by atoms with E-state index in [2.05, 4.69) is 0 Å². The van der Waals surface area contributed by atoms with Crippen LogP contribution in [0.15, 0.2) is 29.2 Å². The van der Waals surface area contributed by atoms with Crippen LogP contribution in [0.2, 0.25) is 0 Å². The molecule has 0 radical (unpaired) electrons. The van der Waals surface area contributed by atoms with Crippen molar-refractivity contribution in [3.8, 4) is 0 Å². The summed E-state index contributed by atoms with van der Waals surface area (Å²) in [6.45, 7) is 0. The molecule has 6 heteroatoms. The van der Waals surface area contributed by atoms with Gasteiger partial charge in [-0.2, -0.15) is 0 Å². The normalized spacial score (nSPS) is 11.1. The van der Waals surface area contributed by atoms with Gasteiger partial charge in [0.15, 0.2) is 0 Å². The maximum Gasteiger partial charge on any atom is 0.427 e. The van der Waals surface area contributed by atoms with Gasteiger partial charge >= 0.3 is 5.30 Å². The third-order valence-corrected chi connectivity index (χ3v) is 2.85. The summed E-state index contributed by atoms with van der Waals surface area (Å²) in [5.74, 6) is 0. The van der Waals surface area contributed by atoms with Gasteiger partial charge in [-0.15, -0.1) is 0 Å². The molecule has 0 heterocycles. The van der Waals surface area contributed by atoms with Crippen molar-refractivity contribution in [3.05, 3.63) is 24.3 Å². The van der Waals surface area contributed by atoms with Crippen LogP contribution in [-0.4, -0.2) is 18.8 Å². The zero-order valence-electron chi connectivity index (χ0n) is 6.47. The third-order valence-electron chi connectivity index (χ3n) is 1.44. The van der Waals surface area contributed by atoms with Crippen LogP contribution in [-0.2, 0) is 9.84 Å². The zero-order chi connectivity index (χ0) is 10.1. The topological polar surface area (TPSA) is 97.5 Å². The first-order valence-corrected chi connectivity index (χ1v) is 4.77. The molecule has 0 atom stereocenters. The molecule has 1 rings (SSSR count). The summed E-state index contributed by atoms with van der Waals surface area (Å²) in [4.78, 5) is 9.96. The Labute approximate surface area is 74.7 Å². The van der Waals surface area contributed by atoms with Gasteiger partial charge in [-0.1, -0.05) is 12.1 Å². The highest BCUT2D eigenvalue weighted by molar-refractivity contribution is 8.05. The smallest absolute Gasteiger partial charge is 0.427 e. The number of sulfone groups is 1. The van der Waals surface area contributed by atoms with Crippen LogP contribution < -0.4 is 5.73 Å². The molecule has 0 aliphatic rings. The molecular formula is C7H7NO4S. The fraction of sp³-hybridized carbons (Fsp3) is 0. The van der Waals surface area contributed by atoms with Gasteiger partial charge in [-0.3, -0.25) is 0 Å². The molecule has 13 heavy (non-hydrogen) atoms. The van der Waals surface area contributed by atoms with Crippen molar-refractivity contribution in [2.24, 2.45) is 0 Å². The second kappa shape index (κ2) is 3.06. The molecule has 70 valence electrons. The monoisotopic (exact) mass is 201 g/mol. The SMILES string of the molecule is Nc1ccccc1S(=O)(=O)C(=O)O. The Kier molecular flexibility index (Phi) is 2.24. The lowest BCUT2D eigenvalue weighted by Gasteiger charge is -2.01. The van der Waals surface area contributed by atoms with E-state index in [1.165, 1.54) is 18.2 Å². The van der Waals surface area contributed by atoms with Gasteiger partial charge in [0.05, 0.1) is 5.69 Å². The second-order valence-electron chi connectivity index (χ2n) is 2.31. The van der Waals surface area contributed by atoms with E-state index in [0.29, 0.717) is 0 Å². The van der Waals surface area contributed by atoms with Crippen molar-refractivity contribution in [1.29, 1.82) is 0 Å². The number of hydrogen-bond donors (Lipinski definition) is 2. The lowest BCUT2D eigenvalue weighted by molar-refractivity contribution is 0.219. The molecule has 0 aliphatic carbocycles. The van der Waals surface area contributed by atoms with Gasteiger partial charge in [0.25, 0.3) is 9.84 Å². The largest absolute Gasteiger partial charge is 0.469 e. The summed E-state index contributed by atoms with van der Waals surface area (Å²) < 4.78 is 22.1. The van der Waals surface area contributed by atoms with E-state index in [1.807, 2.05) is 0 Å². The predicted octanol–water partition coefficient (Wildman–Crippen LogP) is 0.721. The summed E-state index contributed by atoms with van der Waals surface area (Å²) in [6.07, 6.45) is 0. The van der Waals surface area contributed by atoms with Crippen LogP contribution in [0.5, 0.6) is 0 Å². The van der Waals surface area contributed by atoms with E-state index in [4.69, 9.17) is 10.8 Å². The molecular weight excluding hydrogens is 194 g/mol. The molecule has 0 aromatic heterocycles. The standard InChI is InChI=1S/C7H7NO4S/c8-5-3-1-2-4-6(5)13(11,12)7(9)10/h1-4H,8H2,(H,9,10). The van der Waals surface area contributed by atoms with E-state index in [0.717, 1.165) is 6.07 Å². The Morgan fingerprint density at radius 2 is 1.85 bits per heavy atom. The molecule has 0 spiro atoms. The Balaban J connectivity index is 3.40. The number of nitrogen functional groups attached to an aromatic ring is 1. The maximum absolute atomic E-state index is 11.1. The van der Waals surface area contributed by atoms with Crippen LogP contribution in [0.25, 0.3) is 0 Å². The number of benzene rings is 1. The minimum Gasteiger partial charge on any atom is -0.469 e. The first kappa shape index (κ1) is 9.53. The van der Waals surface area contributed by atoms with Crippen molar-refractivity contribution in [1.82, 2.24) is 0 Å². The van der Waals surface area contributed by atoms with Crippen LogP contribution in [0.1, 0.15) is 0 Å². The Morgan fingerprint density at radius 3 is 2.31 bits per heavy atom. The van der Waals surface area contributed by atoms with Crippen molar-refractivity contribution in [3.63, 3.8) is 0 Å². The van der Waals surface area contributed by atoms with Gasteiger partial charge in [-0.05, 0) is 12.1 Å². The highest BCUT2D eigenvalue weighted by atomic mass is 32.2. The molecule has 0 saturated carbocycles. The Hall–Kier alpha value is -1.56. The first-order valence-electron chi connectivity index (χ1n) is 3.29. The summed E-state index contributed by atoms with van der Waals surface area (Å²) in [7, 11) is -4.32. The van der Waals surface area contributed by atoms with Crippen LogP contribution in [0, 0.1) is 0 Å². The molecule has 0 aliphatic heterocycles. The van der Waals surface area contributed by atoms with E-state index in [9.17, 15) is 13.2 Å². The maximum atomic E-state index is 11.1. The highest BCUT2D eigenvalue weighted by Crippen LogP contribution is 2.18. The fourth-order valence-electron chi connectivity index (χ4n) is 0.819. The van der Waals surface area contributed by atoms with Gasteiger partial charge in [0.2, 0.25) is 0 Å². The molecule has 0 amide bonds. The quantitative estimate of drug-likeness (QED) is 0.652. The number of rotatable bonds is 1. The lowest BCUT2D eigenvalue weighted by atomic mass is 10.3. The number of para-hydroxylation sites is 1. The average Bonchev–Trinajstić information content (AvgIpc) is 2.04. The van der Waals surface area contributed by atoms with Gasteiger partial charge in [0.1, 0.15) is 4.90 Å². The molecule has 1 aromatic rings. The Bertz CT molecular complexity index is 438. The van der Waals surface area contributed by atoms with Gasteiger partial charge in [-0.25, -0.2) is 13.2 Å². The van der Waals surface area contributed by atoms with E-state index in [-0.39, 0.29) is 10.6 Å². The van der Waals surface area contributed by atoms with Gasteiger partial charge < -0.3 is 10.8 Å². The van der Waals surface area contributed by atoms with Gasteiger partial charge in [0, 0.05) is 0 Å². The van der Waals surface area contributed by atoms with E-state index in [1.54, 1.807) is 0 Å². The van der Waals surface area contributed by atoms with E-state index < -0.39 is 15.1 Å². The summed E-state index contributed by atoms with van der Waals surface area (Å²) >= 11 is 0. The number of nitrogens with two attached hydrogens (primary N) is 1. The molecule has 1 aromatic carbocycles. The zero-order valence-corrected chi connectivity index (χ0v) is 7.28. The van der Waals surface area contributed by atoms with Crippen molar-refractivity contribution in [2.45, 2.75) is 4.90 Å². The number of hydrogen-bond acceptors (Lipinski definition) is 4. The fourth-order valence-corrected chi connectivity index (χ4v) is 1.64. The second-order valence-corrected chi connectivity index (χ2v) is 4.10. The molecule has 0 unspecified atom stereocenters. The average molecular weight is 201 g/mol. The summed E-state index contributed by atoms with van der Waals surface area (Å²) in [5, 5.41) is 6.48. The van der Waals surface area contributed by atoms with Crippen LogP contribution in [0.3, 0.4) is 0 Å². The molecule has 0 bridgehead atoms. The molecule has 0 saturated heterocycles. The summed E-state index contributed by atoms with van der Waals surface area (Å²) in [6, 6.07) is 5.41. The molecule has 5 nitrogen and oxygen atoms in total. The summed E-state index contributed by atoms with van der Waals surface area (Å²) in [5.41, 5.74) is 5.24. The number of carboxylic acid groups (broad SMARTS) is 1. The van der Waals surface area contributed by atoms with Crippen LogP contribution >= 0.6 is 0 Å². The van der Waals surface area contributed by atoms with Crippen LogP contribution in [0.4, 0.5) is 10.5 Å². The van der Waals surface area contributed by atoms with Crippen molar-refractivity contribution in [2.75, 3.05) is 5.73 Å². The van der Waals surface area contributed by atoms with Crippen molar-refractivity contribution >= 4 is 20.8 Å². The first-order chi connectivity index (χ1) is 5.96. The Morgan fingerprint density at radius 1 is 1.31 bits per heavy atom. The van der Waals surface area contributed by atoms with Crippen molar-refractivity contribution < 1.29 is 18.3 Å². The minimum atomic E-state index is -4.32.